The van der Waals surface area contributed by atoms with Crippen molar-refractivity contribution >= 4 is 28.6 Å². The van der Waals surface area contributed by atoms with Crippen LogP contribution < -0.4 is 5.73 Å². The lowest BCUT2D eigenvalue weighted by Crippen LogP contribution is -2.30. The van der Waals surface area contributed by atoms with Gasteiger partial charge in [0.05, 0.1) is 0 Å². The molecule has 18 heavy (non-hydrogen) atoms. The Balaban J connectivity index is 0.000000321. The largest absolute Gasteiger partial charge is 0.480 e. The van der Waals surface area contributed by atoms with Crippen LogP contribution in [0.4, 0.5) is 0 Å². The zero-order valence-electron chi connectivity index (χ0n) is 11.7. The van der Waals surface area contributed by atoms with E-state index in [-0.39, 0.29) is 0 Å². The Morgan fingerprint density at radius 3 is 2.50 bits per heavy atom. The van der Waals surface area contributed by atoms with E-state index < -0.39 is 12.0 Å². The SMILES string of the molecule is CCCC[S+]1CCCC1.CSCCC(N)C(=O)O. The number of carbonyl (C=O) groups is 1. The molecule has 0 radical (unpaired) electrons. The summed E-state index contributed by atoms with van der Waals surface area (Å²) < 4.78 is 0. The molecule has 5 heteroatoms. The van der Waals surface area contributed by atoms with Gasteiger partial charge in [-0.15, -0.1) is 0 Å². The van der Waals surface area contributed by atoms with Gasteiger partial charge in [0.15, 0.2) is 0 Å². The lowest BCUT2D eigenvalue weighted by molar-refractivity contribution is -0.138. The third-order valence-corrected chi connectivity index (χ3v) is 6.09. The van der Waals surface area contributed by atoms with E-state index in [1.165, 1.54) is 31.4 Å². The lowest BCUT2D eigenvalue weighted by Gasteiger charge is -2.02. The molecule has 0 aromatic heterocycles. The van der Waals surface area contributed by atoms with Crippen LogP contribution in [0.15, 0.2) is 0 Å². The maximum Gasteiger partial charge on any atom is 0.320 e. The Morgan fingerprint density at radius 2 is 2.06 bits per heavy atom. The molecule has 1 aliphatic heterocycles. The third kappa shape index (κ3) is 10.1. The van der Waals surface area contributed by atoms with Crippen molar-refractivity contribution in [1.29, 1.82) is 0 Å². The van der Waals surface area contributed by atoms with E-state index in [0.29, 0.717) is 6.42 Å². The lowest BCUT2D eigenvalue weighted by atomic mass is 10.2. The van der Waals surface area contributed by atoms with E-state index in [1.807, 2.05) is 6.26 Å². The van der Waals surface area contributed by atoms with Crippen molar-refractivity contribution in [3.05, 3.63) is 0 Å². The number of rotatable bonds is 7. The van der Waals surface area contributed by atoms with Crippen molar-refractivity contribution in [2.75, 3.05) is 29.3 Å². The minimum absolute atomic E-state index is 0.552. The van der Waals surface area contributed by atoms with Gasteiger partial charge in [-0.2, -0.15) is 11.8 Å². The number of nitrogens with two attached hydrogens (primary N) is 1. The average Bonchev–Trinajstić information content (AvgIpc) is 2.87. The van der Waals surface area contributed by atoms with Gasteiger partial charge in [0.2, 0.25) is 0 Å². The fraction of sp³-hybridized carbons (Fsp3) is 0.923. The van der Waals surface area contributed by atoms with Crippen LogP contribution in [-0.4, -0.2) is 46.4 Å². The summed E-state index contributed by atoms with van der Waals surface area (Å²) in [4.78, 5) is 10.1. The van der Waals surface area contributed by atoms with E-state index in [9.17, 15) is 4.79 Å². The van der Waals surface area contributed by atoms with Gasteiger partial charge in [-0.05, 0) is 48.6 Å². The van der Waals surface area contributed by atoms with Gasteiger partial charge in [-0.25, -0.2) is 0 Å². The van der Waals surface area contributed by atoms with Crippen LogP contribution in [-0.2, 0) is 15.7 Å². The molecule has 1 rings (SSSR count). The molecule has 1 aliphatic rings. The fourth-order valence-electron chi connectivity index (χ4n) is 1.64. The molecular weight excluding hydrogens is 266 g/mol. The Kier molecular flexibility index (Phi) is 12.3. The van der Waals surface area contributed by atoms with E-state index >= 15 is 0 Å². The molecule has 1 fully saturated rings. The number of carboxylic acid groups (broad SMARTS) is 1. The van der Waals surface area contributed by atoms with Gasteiger partial charge in [0, 0.05) is 0 Å². The van der Waals surface area contributed by atoms with E-state index in [4.69, 9.17) is 10.8 Å². The van der Waals surface area contributed by atoms with E-state index in [2.05, 4.69) is 6.92 Å². The van der Waals surface area contributed by atoms with Crippen molar-refractivity contribution in [3.8, 4) is 0 Å². The standard InChI is InChI=1S/C8H17S.C5H11NO2S/c1-2-3-6-9-7-4-5-8-9;1-9-3-2-4(6)5(7)8/h2-8H2,1H3;4H,2-3,6H2,1H3,(H,7,8)/q+1;. The molecule has 0 aromatic carbocycles. The summed E-state index contributed by atoms with van der Waals surface area (Å²) in [6, 6.07) is -0.683. The van der Waals surface area contributed by atoms with Gasteiger partial charge >= 0.3 is 5.97 Å². The van der Waals surface area contributed by atoms with Crippen LogP contribution in [0.1, 0.15) is 39.0 Å². The first-order chi connectivity index (χ1) is 8.61. The quantitative estimate of drug-likeness (QED) is 0.708. The summed E-state index contributed by atoms with van der Waals surface area (Å²) >= 11 is 1.60. The van der Waals surface area contributed by atoms with Gasteiger partial charge in [0.25, 0.3) is 0 Å². The van der Waals surface area contributed by atoms with Crippen molar-refractivity contribution in [2.24, 2.45) is 5.73 Å². The maximum absolute atomic E-state index is 10.1. The second-order valence-corrected chi connectivity index (χ2v) is 7.95. The number of hydrogen-bond donors (Lipinski definition) is 2. The maximum atomic E-state index is 10.1. The molecule has 3 nitrogen and oxygen atoms in total. The highest BCUT2D eigenvalue weighted by Gasteiger charge is 2.22. The first-order valence-corrected chi connectivity index (χ1v) is 9.85. The molecule has 1 atom stereocenters. The van der Waals surface area contributed by atoms with Crippen molar-refractivity contribution in [1.82, 2.24) is 0 Å². The van der Waals surface area contributed by atoms with Gasteiger partial charge in [-0.1, -0.05) is 13.3 Å². The monoisotopic (exact) mass is 294 g/mol. The molecule has 0 bridgehead atoms. The topological polar surface area (TPSA) is 63.3 Å². The number of aliphatic carboxylic acids is 1. The predicted octanol–water partition coefficient (Wildman–Crippen LogP) is 2.35. The molecule has 0 aromatic rings. The summed E-state index contributed by atoms with van der Waals surface area (Å²) in [6.07, 6.45) is 8.39. The molecule has 1 heterocycles. The van der Waals surface area contributed by atoms with Gasteiger partial charge < -0.3 is 10.8 Å². The minimum atomic E-state index is -0.913. The van der Waals surface area contributed by atoms with E-state index in [1.54, 1.807) is 23.3 Å². The van der Waals surface area contributed by atoms with Crippen LogP contribution in [0, 0.1) is 0 Å². The first kappa shape index (κ1) is 18.1. The zero-order chi connectivity index (χ0) is 13.8. The fourth-order valence-corrected chi connectivity index (χ4v) is 4.66. The molecule has 0 spiro atoms. The Labute approximate surface area is 119 Å². The number of hydrogen-bond acceptors (Lipinski definition) is 3. The predicted molar refractivity (Wildman–Crippen MR) is 84.7 cm³/mol. The Bertz CT molecular complexity index is 209. The second-order valence-electron chi connectivity index (χ2n) is 4.51. The van der Waals surface area contributed by atoms with Crippen LogP contribution >= 0.6 is 11.8 Å². The molecule has 0 aliphatic carbocycles. The van der Waals surface area contributed by atoms with Crippen molar-refractivity contribution in [3.63, 3.8) is 0 Å². The van der Waals surface area contributed by atoms with Crippen LogP contribution in [0.5, 0.6) is 0 Å². The summed E-state index contributed by atoms with van der Waals surface area (Å²) in [6.45, 7) is 2.29. The highest BCUT2D eigenvalue weighted by molar-refractivity contribution is 7.98. The third-order valence-electron chi connectivity index (χ3n) is 2.85. The Hall–Kier alpha value is 0.130. The van der Waals surface area contributed by atoms with Gasteiger partial charge in [-0.3, -0.25) is 4.79 Å². The summed E-state index contributed by atoms with van der Waals surface area (Å²) in [5.41, 5.74) is 5.19. The summed E-state index contributed by atoms with van der Waals surface area (Å²) in [5, 5.41) is 8.27. The number of unbranched alkanes of at least 4 members (excludes halogenated alkanes) is 1. The molecule has 3 N–H and O–H groups in total. The van der Waals surface area contributed by atoms with E-state index in [0.717, 1.165) is 16.6 Å². The molecule has 0 saturated carbocycles. The zero-order valence-corrected chi connectivity index (χ0v) is 13.3. The van der Waals surface area contributed by atoms with Crippen LogP contribution in [0.3, 0.4) is 0 Å². The summed E-state index contributed by atoms with van der Waals surface area (Å²) in [7, 11) is 0.873. The molecule has 1 saturated heterocycles. The highest BCUT2D eigenvalue weighted by atomic mass is 32.2. The normalized spacial score (nSPS) is 17.1. The first-order valence-electron chi connectivity index (χ1n) is 6.73. The molecular formula is C13H28NO2S2+. The van der Waals surface area contributed by atoms with Crippen LogP contribution in [0.25, 0.3) is 0 Å². The summed E-state index contributed by atoms with van der Waals surface area (Å²) in [5.74, 6) is 4.55. The van der Waals surface area contributed by atoms with Crippen LogP contribution in [0.2, 0.25) is 0 Å². The minimum Gasteiger partial charge on any atom is -0.480 e. The van der Waals surface area contributed by atoms with Gasteiger partial charge in [0.1, 0.15) is 23.3 Å². The highest BCUT2D eigenvalue weighted by Crippen LogP contribution is 2.14. The smallest absolute Gasteiger partial charge is 0.320 e. The number of carboxylic acids is 1. The second kappa shape index (κ2) is 12.2. The Morgan fingerprint density at radius 1 is 1.44 bits per heavy atom. The van der Waals surface area contributed by atoms with Crippen molar-refractivity contribution < 1.29 is 9.90 Å². The average molecular weight is 295 g/mol. The molecule has 0 amide bonds. The number of thioether (sulfide) groups is 1. The van der Waals surface area contributed by atoms with Crippen molar-refractivity contribution in [2.45, 2.75) is 45.1 Å². The molecule has 108 valence electrons. The molecule has 1 unspecified atom stereocenters.